The third-order valence-electron chi connectivity index (χ3n) is 4.98. The molecule has 0 amide bonds. The van der Waals surface area contributed by atoms with Crippen LogP contribution in [-0.2, 0) is 10.0 Å². The van der Waals surface area contributed by atoms with Gasteiger partial charge in [0.05, 0.1) is 11.6 Å². The number of pyridine rings is 1. The molecular formula is C22H25ClN2O6S. The van der Waals surface area contributed by atoms with Crippen LogP contribution < -0.4 is 15.3 Å². The number of nitrogens with zero attached hydrogens (tertiary/aromatic N) is 1. The topological polar surface area (TPSA) is 133 Å². The van der Waals surface area contributed by atoms with Gasteiger partial charge in [-0.1, -0.05) is 11.6 Å². The van der Waals surface area contributed by atoms with E-state index in [0.717, 1.165) is 5.56 Å². The van der Waals surface area contributed by atoms with Crippen LogP contribution >= 0.6 is 11.6 Å². The van der Waals surface area contributed by atoms with Crippen molar-refractivity contribution in [1.82, 2.24) is 4.98 Å². The first-order chi connectivity index (χ1) is 15.0. The Hall–Kier alpha value is -2.46. The van der Waals surface area contributed by atoms with E-state index in [1.165, 1.54) is 31.2 Å². The molecule has 3 aromatic rings. The number of nitrogens with two attached hydrogens (primary N) is 1. The number of aliphatic hydroxyl groups excluding tert-OH is 1. The summed E-state index contributed by atoms with van der Waals surface area (Å²) in [7, 11) is -4.14. The van der Waals surface area contributed by atoms with Crippen LogP contribution in [0.25, 0.3) is 11.0 Å². The molecule has 2 aromatic heterocycles. The van der Waals surface area contributed by atoms with Crippen molar-refractivity contribution in [2.24, 2.45) is 11.1 Å². The lowest BCUT2D eigenvalue weighted by Crippen LogP contribution is -2.17. The number of aryl methyl sites for hydroxylation is 2. The molecule has 1 saturated carbocycles. The molecule has 0 saturated heterocycles. The van der Waals surface area contributed by atoms with Crippen molar-refractivity contribution in [3.05, 3.63) is 62.6 Å². The molecule has 1 atom stereocenters. The molecule has 3 N–H and O–H groups in total. The number of hydrogen-bond acceptors (Lipinski definition) is 7. The number of rotatable bonds is 5. The van der Waals surface area contributed by atoms with Crippen molar-refractivity contribution < 1.29 is 22.7 Å². The van der Waals surface area contributed by atoms with Gasteiger partial charge in [-0.2, -0.15) is 0 Å². The van der Waals surface area contributed by atoms with Crippen LogP contribution in [0.5, 0.6) is 5.75 Å². The highest BCUT2D eigenvalue weighted by atomic mass is 35.5. The van der Waals surface area contributed by atoms with Gasteiger partial charge in [0.1, 0.15) is 16.8 Å². The number of aromatic nitrogens is 1. The molecule has 1 aromatic carbocycles. The number of sulfonamides is 1. The standard InChI is InChI=1S/C18H17ClN2O5S.C4H8O/c1-9-6-12(17-13(7-9)16(22)10(2)8-25-17)11(3)26-14-4-5-15(19)21-18(14)27(20,23)24;5-3-4-1-2-4/h4-8,11H,1-3H3,(H2,20,23,24);4-5H,1-3H2. The summed E-state index contributed by atoms with van der Waals surface area (Å²) in [5.74, 6) is 0.647. The van der Waals surface area contributed by atoms with E-state index < -0.39 is 21.2 Å². The Morgan fingerprint density at radius 3 is 2.56 bits per heavy atom. The number of halogens is 1. The molecule has 0 radical (unpaired) electrons. The molecule has 8 nitrogen and oxygen atoms in total. The maximum absolute atomic E-state index is 12.4. The normalized spacial score (nSPS) is 14.6. The van der Waals surface area contributed by atoms with Crippen molar-refractivity contribution in [2.75, 3.05) is 6.61 Å². The molecule has 172 valence electrons. The summed E-state index contributed by atoms with van der Waals surface area (Å²) in [5, 5.41) is 13.4. The predicted molar refractivity (Wildman–Crippen MR) is 121 cm³/mol. The van der Waals surface area contributed by atoms with Crippen molar-refractivity contribution >= 4 is 32.6 Å². The van der Waals surface area contributed by atoms with Crippen LogP contribution in [0, 0.1) is 19.8 Å². The van der Waals surface area contributed by atoms with Gasteiger partial charge >= 0.3 is 0 Å². The second-order valence-electron chi connectivity index (χ2n) is 7.85. The van der Waals surface area contributed by atoms with Gasteiger partial charge in [0.2, 0.25) is 5.03 Å². The Balaban J connectivity index is 0.000000509. The fraction of sp³-hybridized carbons (Fsp3) is 0.364. The summed E-state index contributed by atoms with van der Waals surface area (Å²) >= 11 is 5.77. The summed E-state index contributed by atoms with van der Waals surface area (Å²) in [6.45, 7) is 5.64. The van der Waals surface area contributed by atoms with E-state index >= 15 is 0 Å². The molecule has 2 heterocycles. The summed E-state index contributed by atoms with van der Waals surface area (Å²) < 4.78 is 35.0. The van der Waals surface area contributed by atoms with E-state index in [9.17, 15) is 13.2 Å². The van der Waals surface area contributed by atoms with E-state index in [1.54, 1.807) is 19.9 Å². The van der Waals surface area contributed by atoms with Crippen LogP contribution in [0.3, 0.4) is 0 Å². The van der Waals surface area contributed by atoms with E-state index in [1.807, 2.05) is 13.0 Å². The maximum Gasteiger partial charge on any atom is 0.259 e. The lowest BCUT2D eigenvalue weighted by molar-refractivity contribution is 0.219. The smallest absolute Gasteiger partial charge is 0.259 e. The van der Waals surface area contributed by atoms with Crippen molar-refractivity contribution in [3.8, 4) is 5.75 Å². The zero-order chi connectivity index (χ0) is 23.6. The SMILES string of the molecule is Cc1cc(C(C)Oc2ccc(Cl)nc2S(N)(=O)=O)c2occ(C)c(=O)c2c1.OCC1CC1. The average molecular weight is 481 g/mol. The van der Waals surface area contributed by atoms with Gasteiger partial charge in [-0.05, 0) is 69.4 Å². The highest BCUT2D eigenvalue weighted by Gasteiger charge is 2.22. The maximum atomic E-state index is 12.4. The summed E-state index contributed by atoms with van der Waals surface area (Å²) in [6, 6.07) is 6.33. The van der Waals surface area contributed by atoms with Gasteiger partial charge in [-0.3, -0.25) is 4.79 Å². The minimum atomic E-state index is -4.14. The fourth-order valence-electron chi connectivity index (χ4n) is 3.07. The third-order valence-corrected chi connectivity index (χ3v) is 6.02. The fourth-order valence-corrected chi connectivity index (χ4v) is 3.89. The summed E-state index contributed by atoms with van der Waals surface area (Å²) in [4.78, 5) is 16.2. The van der Waals surface area contributed by atoms with Gasteiger partial charge in [-0.25, -0.2) is 18.5 Å². The van der Waals surface area contributed by atoms with Gasteiger partial charge in [-0.15, -0.1) is 0 Å². The Morgan fingerprint density at radius 2 is 2.00 bits per heavy atom. The molecule has 0 spiro atoms. The zero-order valence-electron chi connectivity index (χ0n) is 18.0. The van der Waals surface area contributed by atoms with Crippen molar-refractivity contribution in [3.63, 3.8) is 0 Å². The lowest BCUT2D eigenvalue weighted by Gasteiger charge is -2.18. The number of ether oxygens (including phenoxy) is 1. The quantitative estimate of drug-likeness (QED) is 0.532. The van der Waals surface area contributed by atoms with Crippen LogP contribution in [0.1, 0.15) is 42.6 Å². The highest BCUT2D eigenvalue weighted by molar-refractivity contribution is 7.89. The second-order valence-corrected chi connectivity index (χ2v) is 9.71. The van der Waals surface area contributed by atoms with E-state index in [2.05, 4.69) is 4.98 Å². The largest absolute Gasteiger partial charge is 0.483 e. The molecule has 1 fully saturated rings. The molecule has 1 aliphatic carbocycles. The first kappa shape index (κ1) is 24.2. The third kappa shape index (κ3) is 5.66. The van der Waals surface area contributed by atoms with Crippen LogP contribution in [0.15, 0.2) is 44.8 Å². The minimum Gasteiger partial charge on any atom is -0.483 e. The summed E-state index contributed by atoms with van der Waals surface area (Å²) in [5.41, 5.74) is 2.17. The molecule has 10 heteroatoms. The number of fused-ring (bicyclic) bond motifs is 1. The van der Waals surface area contributed by atoms with Gasteiger partial charge in [0.25, 0.3) is 10.0 Å². The monoisotopic (exact) mass is 480 g/mol. The van der Waals surface area contributed by atoms with Gasteiger partial charge in [0.15, 0.2) is 11.2 Å². The number of primary sulfonamides is 1. The first-order valence-corrected chi connectivity index (χ1v) is 11.9. The Kier molecular flexibility index (Phi) is 7.24. The Morgan fingerprint density at radius 1 is 1.31 bits per heavy atom. The van der Waals surface area contributed by atoms with Crippen LogP contribution in [-0.4, -0.2) is 25.1 Å². The average Bonchev–Trinajstić information content (AvgIpc) is 3.56. The Labute approximate surface area is 191 Å². The number of aliphatic hydroxyl groups is 1. The number of hydrogen-bond donors (Lipinski definition) is 2. The van der Waals surface area contributed by atoms with E-state index in [0.29, 0.717) is 34.6 Å². The second kappa shape index (κ2) is 9.58. The first-order valence-electron chi connectivity index (χ1n) is 10.0. The molecular weight excluding hydrogens is 456 g/mol. The van der Waals surface area contributed by atoms with E-state index in [-0.39, 0.29) is 16.3 Å². The predicted octanol–water partition coefficient (Wildman–Crippen LogP) is 3.63. The van der Waals surface area contributed by atoms with Crippen molar-refractivity contribution in [1.29, 1.82) is 0 Å². The zero-order valence-corrected chi connectivity index (χ0v) is 19.5. The van der Waals surface area contributed by atoms with Crippen molar-refractivity contribution in [2.45, 2.75) is 44.7 Å². The molecule has 0 bridgehead atoms. The minimum absolute atomic E-state index is 0.0264. The van der Waals surface area contributed by atoms with Gasteiger partial charge < -0.3 is 14.3 Å². The lowest BCUT2D eigenvalue weighted by atomic mass is 10.0. The molecule has 0 aliphatic heterocycles. The molecule has 1 unspecified atom stereocenters. The van der Waals surface area contributed by atoms with Crippen LogP contribution in [0.4, 0.5) is 0 Å². The van der Waals surface area contributed by atoms with E-state index in [4.69, 9.17) is 31.0 Å². The molecule has 32 heavy (non-hydrogen) atoms. The number of benzene rings is 1. The highest BCUT2D eigenvalue weighted by Crippen LogP contribution is 2.31. The summed E-state index contributed by atoms with van der Waals surface area (Å²) in [6.07, 6.45) is 3.25. The molecule has 1 aliphatic rings. The molecule has 4 rings (SSSR count). The Bertz CT molecular complexity index is 1300. The van der Waals surface area contributed by atoms with Gasteiger partial charge in [0, 0.05) is 17.7 Å². The van der Waals surface area contributed by atoms with Crippen LogP contribution in [0.2, 0.25) is 5.15 Å².